The first kappa shape index (κ1) is 12.9. The fraction of sp³-hybridized carbons (Fsp3) is 0.400. The molecule has 0 atom stereocenters. The SMILES string of the molecule is CCOCCC(=O)Nc1cc(Br)c[nH]c1=O. The molecule has 16 heavy (non-hydrogen) atoms. The van der Waals surface area contributed by atoms with E-state index in [9.17, 15) is 9.59 Å². The molecule has 0 fully saturated rings. The minimum Gasteiger partial charge on any atom is -0.381 e. The lowest BCUT2D eigenvalue weighted by atomic mass is 10.3. The Hall–Kier alpha value is -1.14. The monoisotopic (exact) mass is 288 g/mol. The first-order chi connectivity index (χ1) is 7.63. The number of halogens is 1. The molecule has 0 unspecified atom stereocenters. The van der Waals surface area contributed by atoms with E-state index in [4.69, 9.17) is 4.74 Å². The Morgan fingerprint density at radius 2 is 2.38 bits per heavy atom. The molecule has 1 heterocycles. The van der Waals surface area contributed by atoms with Gasteiger partial charge in [-0.3, -0.25) is 9.59 Å². The molecule has 0 radical (unpaired) electrons. The van der Waals surface area contributed by atoms with Crippen LogP contribution in [0, 0.1) is 0 Å². The molecule has 1 aromatic rings. The highest BCUT2D eigenvalue weighted by Crippen LogP contribution is 2.10. The minimum atomic E-state index is -0.326. The number of H-pyrrole nitrogens is 1. The number of carbonyl (C=O) groups excluding carboxylic acids is 1. The summed E-state index contributed by atoms with van der Waals surface area (Å²) in [5, 5.41) is 2.52. The van der Waals surface area contributed by atoms with E-state index < -0.39 is 0 Å². The normalized spacial score (nSPS) is 10.1. The second kappa shape index (κ2) is 6.44. The Morgan fingerprint density at radius 3 is 3.06 bits per heavy atom. The van der Waals surface area contributed by atoms with Gasteiger partial charge in [-0.25, -0.2) is 0 Å². The van der Waals surface area contributed by atoms with Crippen LogP contribution in [0.3, 0.4) is 0 Å². The molecule has 0 saturated carbocycles. The van der Waals surface area contributed by atoms with Crippen LogP contribution in [0.5, 0.6) is 0 Å². The number of anilines is 1. The van der Waals surface area contributed by atoms with Crippen LogP contribution in [0.4, 0.5) is 5.69 Å². The van der Waals surface area contributed by atoms with E-state index in [1.165, 1.54) is 6.20 Å². The van der Waals surface area contributed by atoms with Gasteiger partial charge in [0.05, 0.1) is 13.0 Å². The largest absolute Gasteiger partial charge is 0.381 e. The number of hydrogen-bond acceptors (Lipinski definition) is 3. The van der Waals surface area contributed by atoms with Gasteiger partial charge < -0.3 is 15.0 Å². The fourth-order valence-corrected chi connectivity index (χ4v) is 1.42. The van der Waals surface area contributed by atoms with Crippen LogP contribution >= 0.6 is 15.9 Å². The van der Waals surface area contributed by atoms with Crippen molar-refractivity contribution in [1.82, 2.24) is 4.98 Å². The van der Waals surface area contributed by atoms with Crippen molar-refractivity contribution in [3.8, 4) is 0 Å². The molecule has 0 spiro atoms. The van der Waals surface area contributed by atoms with E-state index in [0.29, 0.717) is 17.7 Å². The van der Waals surface area contributed by atoms with Crippen molar-refractivity contribution in [2.45, 2.75) is 13.3 Å². The molecular formula is C10H13BrN2O3. The van der Waals surface area contributed by atoms with Gasteiger partial charge in [-0.05, 0) is 28.9 Å². The van der Waals surface area contributed by atoms with Crippen LogP contribution in [0.1, 0.15) is 13.3 Å². The van der Waals surface area contributed by atoms with Crippen molar-refractivity contribution in [2.75, 3.05) is 18.5 Å². The van der Waals surface area contributed by atoms with E-state index >= 15 is 0 Å². The van der Waals surface area contributed by atoms with Crippen molar-refractivity contribution < 1.29 is 9.53 Å². The van der Waals surface area contributed by atoms with Gasteiger partial charge in [0, 0.05) is 17.3 Å². The van der Waals surface area contributed by atoms with Crippen molar-refractivity contribution in [1.29, 1.82) is 0 Å². The van der Waals surface area contributed by atoms with Crippen LogP contribution in [0.2, 0.25) is 0 Å². The zero-order chi connectivity index (χ0) is 12.0. The van der Waals surface area contributed by atoms with Gasteiger partial charge >= 0.3 is 0 Å². The lowest BCUT2D eigenvalue weighted by Gasteiger charge is -2.04. The number of nitrogens with one attached hydrogen (secondary N) is 2. The van der Waals surface area contributed by atoms with Gasteiger partial charge in [0.15, 0.2) is 0 Å². The minimum absolute atomic E-state index is 0.232. The highest BCUT2D eigenvalue weighted by Gasteiger charge is 2.05. The van der Waals surface area contributed by atoms with Gasteiger partial charge in [-0.1, -0.05) is 0 Å². The summed E-state index contributed by atoms with van der Waals surface area (Å²) >= 11 is 3.20. The Morgan fingerprint density at radius 1 is 1.62 bits per heavy atom. The maximum Gasteiger partial charge on any atom is 0.271 e. The van der Waals surface area contributed by atoms with Gasteiger partial charge in [0.25, 0.3) is 5.56 Å². The van der Waals surface area contributed by atoms with E-state index in [2.05, 4.69) is 26.2 Å². The fourth-order valence-electron chi connectivity index (χ4n) is 1.07. The summed E-state index contributed by atoms with van der Waals surface area (Å²) in [5.74, 6) is -0.239. The summed E-state index contributed by atoms with van der Waals surface area (Å²) in [6, 6.07) is 1.55. The van der Waals surface area contributed by atoms with Crippen LogP contribution in [0.25, 0.3) is 0 Å². The molecule has 1 rings (SSSR count). The number of ether oxygens (including phenoxy) is 1. The molecule has 0 bridgehead atoms. The van der Waals surface area contributed by atoms with Gasteiger partial charge in [-0.2, -0.15) is 0 Å². The summed E-state index contributed by atoms with van der Waals surface area (Å²) in [5.41, 5.74) is -0.0937. The summed E-state index contributed by atoms with van der Waals surface area (Å²) in [7, 11) is 0. The molecule has 0 saturated heterocycles. The van der Waals surface area contributed by atoms with Gasteiger partial charge in [-0.15, -0.1) is 0 Å². The molecule has 0 aliphatic heterocycles. The Balaban J connectivity index is 2.56. The number of rotatable bonds is 5. The quantitative estimate of drug-likeness (QED) is 0.807. The molecule has 0 aliphatic rings. The Labute approximate surface area is 101 Å². The van der Waals surface area contributed by atoms with Crippen LogP contribution in [0.15, 0.2) is 21.5 Å². The zero-order valence-corrected chi connectivity index (χ0v) is 10.5. The van der Waals surface area contributed by atoms with Crippen LogP contribution < -0.4 is 10.9 Å². The molecule has 6 heteroatoms. The van der Waals surface area contributed by atoms with Crippen molar-refractivity contribution in [3.63, 3.8) is 0 Å². The predicted molar refractivity (Wildman–Crippen MR) is 64.5 cm³/mol. The summed E-state index contributed by atoms with van der Waals surface area (Å²) in [6.45, 7) is 2.79. The lowest BCUT2D eigenvalue weighted by molar-refractivity contribution is -0.117. The standard InChI is InChI=1S/C10H13BrN2O3/c1-2-16-4-3-9(14)13-8-5-7(11)6-12-10(8)15/h5-6H,2-4H2,1H3,(H,12,15)(H,13,14). The highest BCUT2D eigenvalue weighted by atomic mass is 79.9. The second-order valence-electron chi connectivity index (χ2n) is 3.06. The number of hydrogen-bond donors (Lipinski definition) is 2. The smallest absolute Gasteiger partial charge is 0.271 e. The first-order valence-corrected chi connectivity index (χ1v) is 5.68. The number of aromatic amines is 1. The molecule has 1 amide bonds. The van der Waals surface area contributed by atoms with E-state index in [1.807, 2.05) is 6.92 Å². The molecule has 2 N–H and O–H groups in total. The number of aromatic nitrogens is 1. The first-order valence-electron chi connectivity index (χ1n) is 4.89. The third-order valence-electron chi connectivity index (χ3n) is 1.82. The maximum absolute atomic E-state index is 11.4. The predicted octanol–water partition coefficient (Wildman–Crippen LogP) is 1.50. The summed E-state index contributed by atoms with van der Waals surface area (Å²) in [6.07, 6.45) is 1.75. The van der Waals surface area contributed by atoms with Crippen molar-refractivity contribution >= 4 is 27.5 Å². The van der Waals surface area contributed by atoms with Crippen LogP contribution in [-0.2, 0) is 9.53 Å². The van der Waals surface area contributed by atoms with Gasteiger partial charge in [0.1, 0.15) is 5.69 Å². The van der Waals surface area contributed by atoms with E-state index in [1.54, 1.807) is 6.07 Å². The molecular weight excluding hydrogens is 276 g/mol. The molecule has 88 valence electrons. The van der Waals surface area contributed by atoms with Crippen molar-refractivity contribution in [2.24, 2.45) is 0 Å². The molecule has 0 aromatic carbocycles. The average molecular weight is 289 g/mol. The van der Waals surface area contributed by atoms with Gasteiger partial charge in [0.2, 0.25) is 5.91 Å². The highest BCUT2D eigenvalue weighted by molar-refractivity contribution is 9.10. The summed E-state index contributed by atoms with van der Waals surface area (Å²) in [4.78, 5) is 25.2. The second-order valence-corrected chi connectivity index (χ2v) is 3.97. The number of amides is 1. The molecule has 1 aromatic heterocycles. The van der Waals surface area contributed by atoms with E-state index in [-0.39, 0.29) is 23.6 Å². The Kier molecular flexibility index (Phi) is 5.21. The molecule has 5 nitrogen and oxygen atoms in total. The number of pyridine rings is 1. The van der Waals surface area contributed by atoms with Crippen molar-refractivity contribution in [3.05, 3.63) is 27.1 Å². The molecule has 0 aliphatic carbocycles. The lowest BCUT2D eigenvalue weighted by Crippen LogP contribution is -2.20. The number of carbonyl (C=O) groups is 1. The summed E-state index contributed by atoms with van der Waals surface area (Å²) < 4.78 is 5.74. The third-order valence-corrected chi connectivity index (χ3v) is 2.28. The Bertz CT molecular complexity index is 417. The topological polar surface area (TPSA) is 71.2 Å². The van der Waals surface area contributed by atoms with Crippen LogP contribution in [-0.4, -0.2) is 24.1 Å². The third kappa shape index (κ3) is 4.16. The van der Waals surface area contributed by atoms with E-state index in [0.717, 1.165) is 0 Å². The maximum atomic E-state index is 11.4. The average Bonchev–Trinajstić information content (AvgIpc) is 2.24. The zero-order valence-electron chi connectivity index (χ0n) is 8.88.